The molecule has 0 radical (unpaired) electrons. The van der Waals surface area contributed by atoms with Crippen LogP contribution in [0.1, 0.15) is 53.7 Å². The van der Waals surface area contributed by atoms with Crippen LogP contribution < -0.4 is 0 Å². The number of hydrogen-bond acceptors (Lipinski definition) is 2. The Morgan fingerprint density at radius 1 is 1.40 bits per heavy atom. The minimum absolute atomic E-state index is 0.0966. The van der Waals surface area contributed by atoms with Crippen molar-refractivity contribution in [3.8, 4) is 5.75 Å². The fourth-order valence-electron chi connectivity index (χ4n) is 4.38. The molecule has 20 heavy (non-hydrogen) atoms. The van der Waals surface area contributed by atoms with Crippen molar-refractivity contribution < 1.29 is 14.3 Å². The van der Waals surface area contributed by atoms with Gasteiger partial charge >= 0.3 is 0 Å². The van der Waals surface area contributed by atoms with E-state index in [-0.39, 0.29) is 24.0 Å². The lowest BCUT2D eigenvalue weighted by atomic mass is 9.59. The molecule has 0 spiro atoms. The zero-order chi connectivity index (χ0) is 16.6. The zero-order valence-electron chi connectivity index (χ0n) is 14.7. The van der Waals surface area contributed by atoms with Gasteiger partial charge in [-0.2, -0.15) is 0 Å². The Hall–Kier alpha value is -1.28. The van der Waals surface area contributed by atoms with Gasteiger partial charge in [0.2, 0.25) is 0 Å². The Balaban J connectivity index is 1.79. The molecule has 3 aliphatic carbocycles. The summed E-state index contributed by atoms with van der Waals surface area (Å²) in [7, 11) is 0. The predicted octanol–water partition coefficient (Wildman–Crippen LogP) is 3.53. The average Bonchev–Trinajstić information content (AvgIpc) is 2.62. The summed E-state index contributed by atoms with van der Waals surface area (Å²) in [5.41, 5.74) is 2.78. The van der Waals surface area contributed by atoms with Crippen LogP contribution >= 0.6 is 0 Å². The number of phenols is 1. The summed E-state index contributed by atoms with van der Waals surface area (Å²) in [5.74, 6) is 0.404. The van der Waals surface area contributed by atoms with Crippen molar-refractivity contribution in [3.05, 3.63) is 41.0 Å². The van der Waals surface area contributed by atoms with Crippen LogP contribution in [-0.4, -0.2) is 16.3 Å². The van der Waals surface area contributed by atoms with Crippen molar-refractivity contribution in [2.75, 3.05) is 0 Å². The Kier molecular flexibility index (Phi) is 1.98. The van der Waals surface area contributed by atoms with Crippen molar-refractivity contribution >= 4 is 0 Å². The first-order valence-corrected chi connectivity index (χ1v) is 7.41. The largest absolute Gasteiger partial charge is 0.508 e. The lowest BCUT2D eigenvalue weighted by Gasteiger charge is -2.46. The standard InChI is InChI=1S/C18H22O2/c1-18-9-8-14-13-5-3-12(19)10-11(13)2-4-15(14)16(18)6-7-17(18)20/h3-5,10,14,16-17,19-20H,2,6-9H2,1H3/t14?,16?,17-,18+/m1/s1/i7D2,17D. The molecule has 4 atom stereocenters. The average molecular weight is 273 g/mol. The molecule has 2 unspecified atom stereocenters. The number of aromatic hydroxyl groups is 1. The minimum Gasteiger partial charge on any atom is -0.508 e. The molecule has 2 fully saturated rings. The first-order valence-electron chi connectivity index (χ1n) is 8.91. The first kappa shape index (κ1) is 9.62. The lowest BCUT2D eigenvalue weighted by molar-refractivity contribution is 0.0267. The number of allylic oxidation sites excluding steroid dienone is 2. The van der Waals surface area contributed by atoms with Crippen LogP contribution in [0.4, 0.5) is 0 Å². The Labute approximate surface area is 124 Å². The predicted molar refractivity (Wildman–Crippen MR) is 78.7 cm³/mol. The fourth-order valence-corrected chi connectivity index (χ4v) is 4.38. The third kappa shape index (κ3) is 1.54. The number of aliphatic hydroxyl groups is 1. The second-order valence-electron chi connectivity index (χ2n) is 6.58. The molecule has 106 valence electrons. The fraction of sp³-hybridized carbons (Fsp3) is 0.556. The number of hydrogen-bond donors (Lipinski definition) is 2. The molecule has 2 saturated carbocycles. The van der Waals surface area contributed by atoms with E-state index in [1.807, 2.05) is 19.1 Å². The highest BCUT2D eigenvalue weighted by molar-refractivity contribution is 5.47. The number of phenolic OH excluding ortho intramolecular Hbond substituents is 1. The highest BCUT2D eigenvalue weighted by Crippen LogP contribution is 2.59. The molecule has 0 bridgehead atoms. The van der Waals surface area contributed by atoms with E-state index in [1.54, 1.807) is 6.07 Å². The van der Waals surface area contributed by atoms with Gasteiger partial charge in [-0.1, -0.05) is 24.6 Å². The van der Waals surface area contributed by atoms with Crippen LogP contribution in [0.5, 0.6) is 5.75 Å². The van der Waals surface area contributed by atoms with E-state index in [2.05, 4.69) is 6.08 Å². The third-order valence-electron chi connectivity index (χ3n) is 5.60. The topological polar surface area (TPSA) is 40.5 Å². The first-order chi connectivity index (χ1) is 10.7. The van der Waals surface area contributed by atoms with Crippen molar-refractivity contribution in [2.24, 2.45) is 11.3 Å². The molecule has 0 heterocycles. The monoisotopic (exact) mass is 273 g/mol. The van der Waals surface area contributed by atoms with Gasteiger partial charge in [-0.25, -0.2) is 0 Å². The van der Waals surface area contributed by atoms with Gasteiger partial charge in [-0.05, 0) is 61.2 Å². The van der Waals surface area contributed by atoms with E-state index >= 15 is 0 Å². The molecule has 3 aliphatic rings. The molecule has 0 saturated heterocycles. The van der Waals surface area contributed by atoms with Crippen molar-refractivity contribution in [2.45, 2.75) is 51.0 Å². The summed E-state index contributed by atoms with van der Waals surface area (Å²) in [4.78, 5) is 0. The van der Waals surface area contributed by atoms with Gasteiger partial charge in [-0.3, -0.25) is 0 Å². The quantitative estimate of drug-likeness (QED) is 0.710. The summed E-state index contributed by atoms with van der Waals surface area (Å²) in [5, 5.41) is 20.3. The summed E-state index contributed by atoms with van der Waals surface area (Å²) >= 11 is 0. The van der Waals surface area contributed by atoms with E-state index in [0.717, 1.165) is 18.4 Å². The molecule has 1 aromatic rings. The number of rotatable bonds is 0. The lowest BCUT2D eigenvalue weighted by Crippen LogP contribution is -2.39. The molecule has 4 rings (SSSR count). The maximum atomic E-state index is 10.6. The van der Waals surface area contributed by atoms with Crippen molar-refractivity contribution in [1.29, 1.82) is 0 Å². The molecule has 2 nitrogen and oxygen atoms in total. The molecule has 0 aliphatic heterocycles. The Bertz CT molecular complexity index is 710. The molecule has 0 aromatic heterocycles. The number of fused-ring (bicyclic) bond motifs is 5. The summed E-state index contributed by atoms with van der Waals surface area (Å²) < 4.78 is 24.6. The van der Waals surface area contributed by atoms with Gasteiger partial charge in [0.25, 0.3) is 0 Å². The van der Waals surface area contributed by atoms with Crippen LogP contribution in [0.15, 0.2) is 29.8 Å². The normalized spacial score (nSPS) is 47.1. The summed E-state index contributed by atoms with van der Waals surface area (Å²) in [6, 6.07) is 5.50. The van der Waals surface area contributed by atoms with E-state index < -0.39 is 17.9 Å². The van der Waals surface area contributed by atoms with Crippen molar-refractivity contribution in [3.63, 3.8) is 0 Å². The van der Waals surface area contributed by atoms with E-state index in [4.69, 9.17) is 4.11 Å². The smallest absolute Gasteiger partial charge is 0.115 e. The summed E-state index contributed by atoms with van der Waals surface area (Å²) in [6.07, 6.45) is 0.587. The molecule has 2 N–H and O–H groups in total. The van der Waals surface area contributed by atoms with Gasteiger partial charge < -0.3 is 10.2 Å². The maximum Gasteiger partial charge on any atom is 0.115 e. The van der Waals surface area contributed by atoms with Crippen LogP contribution in [0, 0.1) is 11.3 Å². The molecule has 0 amide bonds. The van der Waals surface area contributed by atoms with Crippen molar-refractivity contribution in [1.82, 2.24) is 0 Å². The maximum absolute atomic E-state index is 10.6. The van der Waals surface area contributed by atoms with E-state index in [9.17, 15) is 10.2 Å². The summed E-state index contributed by atoms with van der Waals surface area (Å²) in [6.45, 7) is 1.87. The minimum atomic E-state index is -2.05. The van der Waals surface area contributed by atoms with Gasteiger partial charge in [0.1, 0.15) is 5.75 Å². The molecular weight excluding hydrogens is 248 g/mol. The Morgan fingerprint density at radius 2 is 2.25 bits per heavy atom. The highest BCUT2D eigenvalue weighted by atomic mass is 16.3. The van der Waals surface area contributed by atoms with Gasteiger partial charge in [-0.15, -0.1) is 0 Å². The van der Waals surface area contributed by atoms with E-state index in [1.165, 1.54) is 11.1 Å². The highest BCUT2D eigenvalue weighted by Gasteiger charge is 2.51. The Morgan fingerprint density at radius 3 is 3.10 bits per heavy atom. The second-order valence-corrected chi connectivity index (χ2v) is 6.58. The van der Waals surface area contributed by atoms with Crippen LogP contribution in [0.25, 0.3) is 0 Å². The van der Waals surface area contributed by atoms with E-state index in [0.29, 0.717) is 6.42 Å². The van der Waals surface area contributed by atoms with Gasteiger partial charge in [0.05, 0.1) is 7.45 Å². The van der Waals surface area contributed by atoms with Crippen LogP contribution in [0.3, 0.4) is 0 Å². The van der Waals surface area contributed by atoms with Gasteiger partial charge in [0.15, 0.2) is 0 Å². The molecule has 1 aromatic carbocycles. The van der Waals surface area contributed by atoms with Crippen LogP contribution in [-0.2, 0) is 6.42 Å². The second kappa shape index (κ2) is 4.11. The molecule has 2 heteroatoms. The van der Waals surface area contributed by atoms with Crippen LogP contribution in [0.2, 0.25) is 0 Å². The SMILES string of the molecule is [2H]C1([2H])CC2C3=CCc4cc(O)ccc4C3CC[C@]2(C)[C@]1([2H])O. The third-order valence-corrected chi connectivity index (χ3v) is 5.60. The van der Waals surface area contributed by atoms with Gasteiger partial charge in [0, 0.05) is 14.1 Å². The zero-order valence-corrected chi connectivity index (χ0v) is 11.7. The number of benzene rings is 1. The molecular formula is C18H22O2.